The zero-order chi connectivity index (χ0) is 15.3. The number of aromatic carboxylic acids is 1. The number of hydrogen-bond acceptors (Lipinski definition) is 3. The van der Waals surface area contributed by atoms with E-state index < -0.39 is 5.97 Å². The monoisotopic (exact) mass is 291 g/mol. The number of rotatable bonds is 6. The average Bonchev–Trinajstić information content (AvgIpc) is 2.53. The van der Waals surface area contributed by atoms with E-state index in [1.165, 1.54) is 0 Å². The molecule has 1 unspecified atom stereocenters. The number of carboxylic acids is 1. The molecule has 0 bridgehead atoms. The van der Waals surface area contributed by atoms with Gasteiger partial charge >= 0.3 is 5.97 Å². The molecule has 1 atom stereocenters. The van der Waals surface area contributed by atoms with Gasteiger partial charge in [-0.1, -0.05) is 26.0 Å². The zero-order valence-corrected chi connectivity index (χ0v) is 12.9. The Morgan fingerprint density at radius 1 is 1.43 bits per heavy atom. The number of carboxylic acid groups (broad SMARTS) is 1. The van der Waals surface area contributed by atoms with Crippen LogP contribution in [-0.4, -0.2) is 29.3 Å². The van der Waals surface area contributed by atoms with Crippen molar-refractivity contribution in [3.63, 3.8) is 0 Å². The summed E-state index contributed by atoms with van der Waals surface area (Å²) in [5.74, 6) is -0.876. The van der Waals surface area contributed by atoms with Crippen LogP contribution in [0.4, 0.5) is 0 Å². The van der Waals surface area contributed by atoms with Gasteiger partial charge in [-0.05, 0) is 43.4 Å². The van der Waals surface area contributed by atoms with Gasteiger partial charge in [0.15, 0.2) is 0 Å². The molecule has 1 heterocycles. The Morgan fingerprint density at radius 2 is 2.19 bits per heavy atom. The van der Waals surface area contributed by atoms with Crippen molar-refractivity contribution in [2.24, 2.45) is 0 Å². The van der Waals surface area contributed by atoms with Gasteiger partial charge in [0.25, 0.3) is 0 Å². The van der Waals surface area contributed by atoms with E-state index >= 15 is 0 Å². The normalized spacial score (nSPS) is 21.1. The molecule has 1 aliphatic rings. The molecule has 2 N–H and O–H groups in total. The number of benzene rings is 1. The summed E-state index contributed by atoms with van der Waals surface area (Å²) in [5.41, 5.74) is 1.37. The summed E-state index contributed by atoms with van der Waals surface area (Å²) in [6.45, 7) is 5.87. The quantitative estimate of drug-likeness (QED) is 0.845. The molecule has 0 saturated carbocycles. The minimum Gasteiger partial charge on any atom is -0.478 e. The van der Waals surface area contributed by atoms with E-state index in [-0.39, 0.29) is 5.60 Å². The molecule has 4 heteroatoms. The summed E-state index contributed by atoms with van der Waals surface area (Å²) < 4.78 is 5.98. The Bertz CT molecular complexity index is 483. The van der Waals surface area contributed by atoms with Crippen molar-refractivity contribution in [3.05, 3.63) is 35.4 Å². The van der Waals surface area contributed by atoms with Gasteiger partial charge in [0, 0.05) is 19.2 Å². The van der Waals surface area contributed by atoms with Crippen molar-refractivity contribution in [2.45, 2.75) is 57.7 Å². The molecule has 1 aromatic carbocycles. The van der Waals surface area contributed by atoms with Crippen molar-refractivity contribution in [3.8, 4) is 0 Å². The van der Waals surface area contributed by atoms with Gasteiger partial charge in [0.2, 0.25) is 0 Å². The molecule has 0 amide bonds. The van der Waals surface area contributed by atoms with Gasteiger partial charge < -0.3 is 15.2 Å². The van der Waals surface area contributed by atoms with Crippen LogP contribution in [0.1, 0.15) is 55.5 Å². The topological polar surface area (TPSA) is 58.6 Å². The third kappa shape index (κ3) is 4.05. The Hall–Kier alpha value is -1.39. The molecule has 116 valence electrons. The molecule has 0 aliphatic carbocycles. The molecular weight excluding hydrogens is 266 g/mol. The van der Waals surface area contributed by atoms with Gasteiger partial charge in [0.1, 0.15) is 0 Å². The zero-order valence-electron chi connectivity index (χ0n) is 12.9. The van der Waals surface area contributed by atoms with Crippen LogP contribution in [0, 0.1) is 0 Å². The molecule has 1 fully saturated rings. The Kier molecular flexibility index (Phi) is 5.37. The molecule has 1 aromatic rings. The maximum atomic E-state index is 11.0. The number of carbonyl (C=O) groups is 1. The third-order valence-corrected chi connectivity index (χ3v) is 4.55. The Balaban J connectivity index is 1.93. The van der Waals surface area contributed by atoms with Crippen LogP contribution < -0.4 is 5.32 Å². The number of nitrogens with one attached hydrogen (secondary N) is 1. The second kappa shape index (κ2) is 7.05. The fraction of sp³-hybridized carbons (Fsp3) is 0.588. The first kappa shape index (κ1) is 16.0. The van der Waals surface area contributed by atoms with Crippen LogP contribution in [0.3, 0.4) is 0 Å². The first-order chi connectivity index (χ1) is 10.1. The molecular formula is C17H25NO3. The lowest BCUT2D eigenvalue weighted by atomic mass is 9.86. The van der Waals surface area contributed by atoms with E-state index in [1.54, 1.807) is 18.2 Å². The minimum absolute atomic E-state index is 0.0127. The van der Waals surface area contributed by atoms with E-state index in [0.717, 1.165) is 37.9 Å². The summed E-state index contributed by atoms with van der Waals surface area (Å²) in [5, 5.41) is 12.6. The molecule has 21 heavy (non-hydrogen) atoms. The lowest BCUT2D eigenvalue weighted by Crippen LogP contribution is -2.46. The number of hydrogen-bond donors (Lipinski definition) is 2. The first-order valence-corrected chi connectivity index (χ1v) is 7.78. The summed E-state index contributed by atoms with van der Waals surface area (Å²) in [6.07, 6.45) is 4.12. The van der Waals surface area contributed by atoms with E-state index in [4.69, 9.17) is 9.84 Å². The largest absolute Gasteiger partial charge is 0.478 e. The standard InChI is InChI=1S/C17H25NO3/c1-3-17(4-2)11-15(8-9-21-17)18-12-13-6-5-7-14(10-13)16(19)20/h5-7,10,15,18H,3-4,8-9,11-12H2,1-2H3,(H,19,20). The van der Waals surface area contributed by atoms with Crippen molar-refractivity contribution in [2.75, 3.05) is 6.61 Å². The maximum Gasteiger partial charge on any atom is 0.335 e. The summed E-state index contributed by atoms with van der Waals surface area (Å²) in [7, 11) is 0. The van der Waals surface area contributed by atoms with E-state index in [0.29, 0.717) is 18.2 Å². The van der Waals surface area contributed by atoms with Crippen molar-refractivity contribution in [1.82, 2.24) is 5.32 Å². The fourth-order valence-electron chi connectivity index (χ4n) is 3.02. The molecule has 0 spiro atoms. The minimum atomic E-state index is -0.876. The maximum absolute atomic E-state index is 11.0. The highest BCUT2D eigenvalue weighted by Gasteiger charge is 2.34. The third-order valence-electron chi connectivity index (χ3n) is 4.55. The van der Waals surface area contributed by atoms with E-state index in [9.17, 15) is 4.79 Å². The van der Waals surface area contributed by atoms with E-state index in [2.05, 4.69) is 19.2 Å². The molecule has 1 aliphatic heterocycles. The highest BCUT2D eigenvalue weighted by molar-refractivity contribution is 5.87. The second-order valence-corrected chi connectivity index (χ2v) is 5.81. The van der Waals surface area contributed by atoms with Gasteiger partial charge in [-0.2, -0.15) is 0 Å². The van der Waals surface area contributed by atoms with Gasteiger partial charge in [0.05, 0.1) is 11.2 Å². The van der Waals surface area contributed by atoms with Crippen molar-refractivity contribution >= 4 is 5.97 Å². The lowest BCUT2D eigenvalue weighted by Gasteiger charge is -2.40. The molecule has 0 aromatic heterocycles. The SMILES string of the molecule is CCC1(CC)CC(NCc2cccc(C(=O)O)c2)CCO1. The highest BCUT2D eigenvalue weighted by atomic mass is 16.5. The summed E-state index contributed by atoms with van der Waals surface area (Å²) in [6, 6.07) is 7.56. The van der Waals surface area contributed by atoms with Crippen LogP contribution in [-0.2, 0) is 11.3 Å². The fourth-order valence-corrected chi connectivity index (χ4v) is 3.02. The van der Waals surface area contributed by atoms with Crippen LogP contribution in [0.15, 0.2) is 24.3 Å². The Labute approximate surface area is 126 Å². The van der Waals surface area contributed by atoms with Crippen LogP contribution in [0.25, 0.3) is 0 Å². The van der Waals surface area contributed by atoms with E-state index in [1.807, 2.05) is 6.07 Å². The summed E-state index contributed by atoms with van der Waals surface area (Å²) >= 11 is 0. The molecule has 1 saturated heterocycles. The smallest absolute Gasteiger partial charge is 0.335 e. The Morgan fingerprint density at radius 3 is 2.86 bits per heavy atom. The van der Waals surface area contributed by atoms with Crippen LogP contribution in [0.2, 0.25) is 0 Å². The highest BCUT2D eigenvalue weighted by Crippen LogP contribution is 2.31. The van der Waals surface area contributed by atoms with Gasteiger partial charge in [-0.25, -0.2) is 4.79 Å². The average molecular weight is 291 g/mol. The van der Waals surface area contributed by atoms with Crippen LogP contribution in [0.5, 0.6) is 0 Å². The van der Waals surface area contributed by atoms with Gasteiger partial charge in [-0.15, -0.1) is 0 Å². The lowest BCUT2D eigenvalue weighted by molar-refractivity contribution is -0.0932. The van der Waals surface area contributed by atoms with Crippen molar-refractivity contribution < 1.29 is 14.6 Å². The first-order valence-electron chi connectivity index (χ1n) is 7.78. The predicted octanol–water partition coefficient (Wildman–Crippen LogP) is 3.21. The molecule has 0 radical (unpaired) electrons. The second-order valence-electron chi connectivity index (χ2n) is 5.81. The number of ether oxygens (including phenoxy) is 1. The van der Waals surface area contributed by atoms with Crippen molar-refractivity contribution in [1.29, 1.82) is 0 Å². The van der Waals surface area contributed by atoms with Crippen LogP contribution >= 0.6 is 0 Å². The summed E-state index contributed by atoms with van der Waals surface area (Å²) in [4.78, 5) is 11.0. The molecule has 2 rings (SSSR count). The predicted molar refractivity (Wildman–Crippen MR) is 82.5 cm³/mol. The van der Waals surface area contributed by atoms with Gasteiger partial charge in [-0.3, -0.25) is 0 Å². The molecule has 4 nitrogen and oxygen atoms in total.